The number of methoxy groups -OCH3 is 2. The molecule has 4 nitrogen and oxygen atoms in total. The Morgan fingerprint density at radius 1 is 0.852 bits per heavy atom. The minimum atomic E-state index is 0.529. The largest absolute Gasteiger partial charge is 0.497 e. The topological polar surface area (TPSA) is 36.9 Å². The predicted octanol–water partition coefficient (Wildman–Crippen LogP) is 4.01. The highest BCUT2D eigenvalue weighted by Crippen LogP contribution is 2.33. The molecular weight excluding hydrogens is 408 g/mol. The molecule has 0 radical (unpaired) electrons. The van der Waals surface area contributed by atoms with Gasteiger partial charge < -0.3 is 18.9 Å². The maximum atomic E-state index is 5.68. The van der Waals surface area contributed by atoms with Crippen molar-refractivity contribution in [1.82, 2.24) is 0 Å². The average molecular weight is 427 g/mol. The molecule has 1 heterocycles. The van der Waals surface area contributed by atoms with E-state index < -0.39 is 0 Å². The van der Waals surface area contributed by atoms with Gasteiger partial charge in [-0.25, -0.2) is 0 Å². The van der Waals surface area contributed by atoms with Gasteiger partial charge >= 0.3 is 0 Å². The zero-order valence-corrected chi connectivity index (χ0v) is 16.8. The van der Waals surface area contributed by atoms with E-state index >= 15 is 0 Å². The third-order valence-corrected chi connectivity index (χ3v) is 4.21. The van der Waals surface area contributed by atoms with E-state index in [-0.39, 0.29) is 0 Å². The van der Waals surface area contributed by atoms with Crippen molar-refractivity contribution in [1.29, 1.82) is 0 Å². The third-order valence-electron chi connectivity index (χ3n) is 3.82. The van der Waals surface area contributed by atoms with Crippen molar-refractivity contribution in [3.63, 3.8) is 0 Å². The van der Waals surface area contributed by atoms with Gasteiger partial charge in [0.2, 0.25) is 0 Å². The van der Waals surface area contributed by atoms with Crippen molar-refractivity contribution in [2.45, 2.75) is 6.42 Å². The Morgan fingerprint density at radius 2 is 1.44 bits per heavy atom. The monoisotopic (exact) mass is 426 g/mol. The van der Waals surface area contributed by atoms with Crippen LogP contribution < -0.4 is 18.9 Å². The van der Waals surface area contributed by atoms with Crippen molar-refractivity contribution >= 4 is 15.9 Å². The molecular formula is C22H19BrO4. The fourth-order valence-electron chi connectivity index (χ4n) is 2.52. The molecule has 0 atom stereocenters. The second-order valence-corrected chi connectivity index (χ2v) is 6.43. The molecule has 3 rings (SSSR count). The molecule has 0 spiro atoms. The van der Waals surface area contributed by atoms with Crippen molar-refractivity contribution in [3.05, 3.63) is 47.0 Å². The normalized spacial score (nSPS) is 11.5. The van der Waals surface area contributed by atoms with Crippen molar-refractivity contribution in [2.75, 3.05) is 32.8 Å². The van der Waals surface area contributed by atoms with E-state index in [0.29, 0.717) is 36.2 Å². The maximum Gasteiger partial charge on any atom is 0.162 e. The van der Waals surface area contributed by atoms with Gasteiger partial charge in [-0.15, -0.1) is 0 Å². The Hall–Kier alpha value is -2.76. The van der Waals surface area contributed by atoms with Gasteiger partial charge in [-0.05, 0) is 12.1 Å². The molecule has 0 amide bonds. The quantitative estimate of drug-likeness (QED) is 0.548. The number of fused-ring (bicyclic) bond motifs is 1. The molecule has 138 valence electrons. The summed E-state index contributed by atoms with van der Waals surface area (Å²) in [5.74, 6) is 15.5. The summed E-state index contributed by atoms with van der Waals surface area (Å²) in [4.78, 5) is 0. The maximum absolute atomic E-state index is 5.68. The minimum absolute atomic E-state index is 0.529. The number of halogens is 1. The lowest BCUT2D eigenvalue weighted by atomic mass is 10.1. The van der Waals surface area contributed by atoms with Gasteiger partial charge in [0.15, 0.2) is 11.5 Å². The fraction of sp³-hybridized carbons (Fsp3) is 0.273. The summed E-state index contributed by atoms with van der Waals surface area (Å²) < 4.78 is 22.0. The van der Waals surface area contributed by atoms with Crippen molar-refractivity contribution in [3.8, 4) is 46.7 Å². The molecule has 0 N–H and O–H groups in total. The predicted molar refractivity (Wildman–Crippen MR) is 108 cm³/mol. The van der Waals surface area contributed by atoms with Crippen molar-refractivity contribution < 1.29 is 18.9 Å². The van der Waals surface area contributed by atoms with Gasteiger partial charge in [-0.3, -0.25) is 0 Å². The molecule has 27 heavy (non-hydrogen) atoms. The molecule has 0 aromatic heterocycles. The third kappa shape index (κ3) is 4.90. The lowest BCUT2D eigenvalue weighted by Crippen LogP contribution is -2.15. The molecule has 0 aliphatic carbocycles. The number of hydrogen-bond acceptors (Lipinski definition) is 4. The number of hydrogen-bond donors (Lipinski definition) is 0. The van der Waals surface area contributed by atoms with E-state index in [4.69, 9.17) is 18.9 Å². The lowest BCUT2D eigenvalue weighted by molar-refractivity contribution is 0.171. The first kappa shape index (κ1) is 19.0. The first-order valence-electron chi connectivity index (χ1n) is 8.47. The standard InChI is InChI=1S/C22H19BrO4/c1-24-19-11-16(12-20(15-19)25-2)6-7-18-14-22-21(26-9-10-27-22)13-17(18)5-3-4-8-23/h11-15H,4,8-10H2,1-2H3. The van der Waals surface area contributed by atoms with Crippen LogP contribution in [0.2, 0.25) is 0 Å². The van der Waals surface area contributed by atoms with E-state index in [9.17, 15) is 0 Å². The second kappa shape index (κ2) is 9.26. The highest BCUT2D eigenvalue weighted by molar-refractivity contribution is 9.09. The molecule has 1 aliphatic rings. The van der Waals surface area contributed by atoms with Crippen LogP contribution in [0.3, 0.4) is 0 Å². The van der Waals surface area contributed by atoms with E-state index in [0.717, 1.165) is 28.4 Å². The van der Waals surface area contributed by atoms with E-state index in [1.165, 1.54) is 0 Å². The molecule has 0 saturated carbocycles. The molecule has 5 heteroatoms. The summed E-state index contributed by atoms with van der Waals surface area (Å²) in [5.41, 5.74) is 2.41. The van der Waals surface area contributed by atoms with Gasteiger partial charge in [-0.1, -0.05) is 39.6 Å². The molecule has 0 fully saturated rings. The molecule has 0 bridgehead atoms. The summed E-state index contributed by atoms with van der Waals surface area (Å²) >= 11 is 3.39. The number of alkyl halides is 1. The van der Waals surface area contributed by atoms with E-state index in [1.54, 1.807) is 14.2 Å². The fourth-order valence-corrected chi connectivity index (χ4v) is 2.72. The lowest BCUT2D eigenvalue weighted by Gasteiger charge is -2.19. The van der Waals surface area contributed by atoms with Crippen LogP contribution in [0.4, 0.5) is 0 Å². The Morgan fingerprint density at radius 3 is 2.00 bits per heavy atom. The van der Waals surface area contributed by atoms with Crippen LogP contribution >= 0.6 is 15.9 Å². The summed E-state index contributed by atoms with van der Waals surface area (Å²) in [6.07, 6.45) is 0.758. The smallest absolute Gasteiger partial charge is 0.162 e. The SMILES string of the molecule is COc1cc(C#Cc2cc3c(cc2C#CCCBr)OCCO3)cc(OC)c1. The Balaban J connectivity index is 2.01. The number of ether oxygens (including phenoxy) is 4. The Bertz CT molecular complexity index is 922. The number of rotatable bonds is 3. The van der Waals surface area contributed by atoms with Crippen LogP contribution in [0, 0.1) is 23.7 Å². The first-order chi connectivity index (χ1) is 13.2. The zero-order chi connectivity index (χ0) is 19.1. The van der Waals surface area contributed by atoms with Crippen LogP contribution in [-0.4, -0.2) is 32.8 Å². The van der Waals surface area contributed by atoms with Gasteiger partial charge in [0, 0.05) is 46.6 Å². The number of benzene rings is 2. The van der Waals surface area contributed by atoms with Gasteiger partial charge in [-0.2, -0.15) is 0 Å². The second-order valence-electron chi connectivity index (χ2n) is 5.63. The highest BCUT2D eigenvalue weighted by atomic mass is 79.9. The zero-order valence-electron chi connectivity index (χ0n) is 15.2. The Kier molecular flexibility index (Phi) is 6.52. The van der Waals surface area contributed by atoms with Crippen LogP contribution in [0.1, 0.15) is 23.1 Å². The van der Waals surface area contributed by atoms with Crippen LogP contribution in [0.15, 0.2) is 30.3 Å². The molecule has 0 saturated heterocycles. The molecule has 2 aromatic rings. The average Bonchev–Trinajstić information content (AvgIpc) is 2.71. The van der Waals surface area contributed by atoms with Crippen LogP contribution in [0.25, 0.3) is 0 Å². The van der Waals surface area contributed by atoms with Gasteiger partial charge in [0.05, 0.1) is 14.2 Å². The van der Waals surface area contributed by atoms with E-state index in [2.05, 4.69) is 39.6 Å². The van der Waals surface area contributed by atoms with Gasteiger partial charge in [0.25, 0.3) is 0 Å². The summed E-state index contributed by atoms with van der Waals surface area (Å²) in [6.45, 7) is 1.07. The summed E-state index contributed by atoms with van der Waals surface area (Å²) in [5, 5.41) is 0.829. The molecule has 2 aromatic carbocycles. The highest BCUT2D eigenvalue weighted by Gasteiger charge is 2.14. The van der Waals surface area contributed by atoms with Gasteiger partial charge in [0.1, 0.15) is 24.7 Å². The molecule has 0 unspecified atom stereocenters. The van der Waals surface area contributed by atoms with Crippen LogP contribution in [-0.2, 0) is 0 Å². The first-order valence-corrected chi connectivity index (χ1v) is 9.59. The summed E-state index contributed by atoms with van der Waals surface area (Å²) in [6, 6.07) is 9.32. The molecule has 1 aliphatic heterocycles. The van der Waals surface area contributed by atoms with Crippen LogP contribution in [0.5, 0.6) is 23.0 Å². The van der Waals surface area contributed by atoms with E-state index in [1.807, 2.05) is 30.3 Å². The van der Waals surface area contributed by atoms with Crippen molar-refractivity contribution in [2.24, 2.45) is 0 Å². The Labute approximate surface area is 167 Å². The summed E-state index contributed by atoms with van der Waals surface area (Å²) in [7, 11) is 3.23. The minimum Gasteiger partial charge on any atom is -0.497 e.